The Morgan fingerprint density at radius 1 is 1.07 bits per heavy atom. The van der Waals surface area contributed by atoms with Crippen LogP contribution in [0.2, 0.25) is 0 Å². The molecule has 0 radical (unpaired) electrons. The summed E-state index contributed by atoms with van der Waals surface area (Å²) in [5.41, 5.74) is 0.230. The lowest BCUT2D eigenvalue weighted by atomic mass is 10.2. The van der Waals surface area contributed by atoms with Crippen LogP contribution < -0.4 is 11.2 Å². The molecule has 1 aromatic heterocycles. The van der Waals surface area contributed by atoms with E-state index in [4.69, 9.17) is 0 Å². The van der Waals surface area contributed by atoms with Crippen LogP contribution in [0.3, 0.4) is 0 Å². The average Bonchev–Trinajstić information content (AvgIpc) is 2.66. The van der Waals surface area contributed by atoms with E-state index >= 15 is 0 Å². The highest BCUT2D eigenvalue weighted by molar-refractivity contribution is 5.91. The van der Waals surface area contributed by atoms with E-state index in [0.29, 0.717) is 25.2 Å². The van der Waals surface area contributed by atoms with E-state index in [1.165, 1.54) is 0 Å². The molecule has 144 valence electrons. The van der Waals surface area contributed by atoms with Gasteiger partial charge in [-0.3, -0.25) is 14.2 Å². The highest BCUT2D eigenvalue weighted by Gasteiger charge is 2.26. The molecule has 2 heterocycles. The van der Waals surface area contributed by atoms with Gasteiger partial charge in [0.2, 0.25) is 5.69 Å². The molecule has 0 aliphatic carbocycles. The Balaban J connectivity index is 2.10. The summed E-state index contributed by atoms with van der Waals surface area (Å²) >= 11 is 0. The van der Waals surface area contributed by atoms with Gasteiger partial charge in [0.1, 0.15) is 0 Å². The zero-order chi connectivity index (χ0) is 19.6. The van der Waals surface area contributed by atoms with Crippen molar-refractivity contribution in [1.82, 2.24) is 24.1 Å². The van der Waals surface area contributed by atoms with Gasteiger partial charge < -0.3 is 9.80 Å². The van der Waals surface area contributed by atoms with E-state index in [2.05, 4.69) is 10.00 Å². The van der Waals surface area contributed by atoms with Crippen LogP contribution in [0.5, 0.6) is 0 Å². The van der Waals surface area contributed by atoms with Crippen molar-refractivity contribution in [3.05, 3.63) is 56.4 Å². The van der Waals surface area contributed by atoms with Crippen LogP contribution in [0, 0.1) is 6.92 Å². The molecule has 0 N–H and O–H groups in total. The molecule has 8 nitrogen and oxygen atoms in total. The summed E-state index contributed by atoms with van der Waals surface area (Å²) in [4.78, 5) is 42.3. The molecule has 1 fully saturated rings. The van der Waals surface area contributed by atoms with Crippen LogP contribution in [0.4, 0.5) is 0 Å². The van der Waals surface area contributed by atoms with Crippen LogP contribution in [0.1, 0.15) is 29.4 Å². The van der Waals surface area contributed by atoms with Crippen LogP contribution in [-0.2, 0) is 6.54 Å². The lowest BCUT2D eigenvalue weighted by Gasteiger charge is -2.32. The molecule has 8 heteroatoms. The minimum Gasteiger partial charge on any atom is -0.335 e. The number of carbonyl (C=O) groups is 1. The molecule has 0 saturated carbocycles. The second-order valence-corrected chi connectivity index (χ2v) is 6.93. The van der Waals surface area contributed by atoms with E-state index < -0.39 is 17.2 Å². The Labute approximate surface area is 157 Å². The number of benzene rings is 1. The third kappa shape index (κ3) is 3.85. The van der Waals surface area contributed by atoms with Crippen LogP contribution in [-0.4, -0.2) is 63.3 Å². The van der Waals surface area contributed by atoms with Crippen molar-refractivity contribution in [3.63, 3.8) is 0 Å². The number of piperazine rings is 1. The molecule has 1 aromatic carbocycles. The summed E-state index contributed by atoms with van der Waals surface area (Å²) in [5.74, 6) is -0.418. The highest BCUT2D eigenvalue weighted by Crippen LogP contribution is 2.07. The van der Waals surface area contributed by atoms with Crippen molar-refractivity contribution in [1.29, 1.82) is 0 Å². The summed E-state index contributed by atoms with van der Waals surface area (Å²) in [7, 11) is 1.99. The van der Waals surface area contributed by atoms with Gasteiger partial charge in [-0.15, -0.1) is 0 Å². The SMILES string of the molecule is CCCn1c(=O)c(C(=O)N2CCN(C)CC2)nn(-c2ccc(C)cc2)c1=O. The number of hydrogen-bond acceptors (Lipinski definition) is 5. The van der Waals surface area contributed by atoms with Gasteiger partial charge in [-0.2, -0.15) is 9.78 Å². The predicted octanol–water partition coefficient (Wildman–Crippen LogP) is 0.500. The number of nitrogens with zero attached hydrogens (tertiary/aromatic N) is 5. The highest BCUT2D eigenvalue weighted by atomic mass is 16.2. The van der Waals surface area contributed by atoms with Gasteiger partial charge in [0.15, 0.2) is 0 Å². The minimum absolute atomic E-state index is 0.201. The number of rotatable bonds is 4. The summed E-state index contributed by atoms with van der Waals surface area (Å²) < 4.78 is 2.26. The van der Waals surface area contributed by atoms with Crippen molar-refractivity contribution in [3.8, 4) is 5.69 Å². The monoisotopic (exact) mass is 371 g/mol. The van der Waals surface area contributed by atoms with Crippen LogP contribution in [0.25, 0.3) is 5.69 Å². The Hall–Kier alpha value is -2.74. The van der Waals surface area contributed by atoms with Crippen molar-refractivity contribution >= 4 is 5.91 Å². The Bertz CT molecular complexity index is 937. The number of aromatic nitrogens is 3. The van der Waals surface area contributed by atoms with Crippen molar-refractivity contribution in [2.45, 2.75) is 26.8 Å². The summed E-state index contributed by atoms with van der Waals surface area (Å²) in [6, 6.07) is 7.24. The zero-order valence-corrected chi connectivity index (χ0v) is 16.0. The van der Waals surface area contributed by atoms with Gasteiger partial charge >= 0.3 is 5.69 Å². The molecule has 3 rings (SSSR count). The first-order valence-corrected chi connectivity index (χ1v) is 9.21. The fourth-order valence-electron chi connectivity index (χ4n) is 3.08. The molecular formula is C19H25N5O3. The number of hydrogen-bond donors (Lipinski definition) is 0. The van der Waals surface area contributed by atoms with Gasteiger partial charge in [-0.25, -0.2) is 4.79 Å². The van der Waals surface area contributed by atoms with Gasteiger partial charge in [0.05, 0.1) is 5.69 Å². The lowest BCUT2D eigenvalue weighted by molar-refractivity contribution is 0.0652. The first-order valence-electron chi connectivity index (χ1n) is 9.21. The van der Waals surface area contributed by atoms with Crippen molar-refractivity contribution < 1.29 is 4.79 Å². The first kappa shape index (κ1) is 19.0. The van der Waals surface area contributed by atoms with Crippen LogP contribution >= 0.6 is 0 Å². The van der Waals surface area contributed by atoms with E-state index in [9.17, 15) is 14.4 Å². The van der Waals surface area contributed by atoms with Gasteiger partial charge in [-0.1, -0.05) is 24.6 Å². The summed E-state index contributed by atoms with van der Waals surface area (Å²) in [5, 5.41) is 4.17. The normalized spacial score (nSPS) is 15.1. The van der Waals surface area contributed by atoms with Gasteiger partial charge in [-0.05, 0) is 32.5 Å². The predicted molar refractivity (Wildman–Crippen MR) is 103 cm³/mol. The number of likely N-dealkylation sites (N-methyl/N-ethyl adjacent to an activating group) is 1. The molecule has 0 spiro atoms. The van der Waals surface area contributed by atoms with E-state index in [1.807, 2.05) is 33.0 Å². The number of carbonyl (C=O) groups excluding carboxylic acids is 1. The smallest absolute Gasteiger partial charge is 0.335 e. The number of aryl methyl sites for hydroxylation is 1. The summed E-state index contributed by atoms with van der Waals surface area (Å²) in [6.07, 6.45) is 0.606. The second kappa shape index (κ2) is 7.87. The zero-order valence-electron chi connectivity index (χ0n) is 16.0. The van der Waals surface area contributed by atoms with E-state index in [1.54, 1.807) is 17.0 Å². The van der Waals surface area contributed by atoms with Gasteiger partial charge in [0, 0.05) is 32.7 Å². The third-order valence-electron chi connectivity index (χ3n) is 4.78. The largest absolute Gasteiger partial charge is 0.352 e. The molecule has 2 aromatic rings. The molecule has 1 saturated heterocycles. The molecule has 1 aliphatic heterocycles. The molecule has 0 unspecified atom stereocenters. The molecule has 27 heavy (non-hydrogen) atoms. The number of amides is 1. The maximum atomic E-state index is 12.9. The maximum absolute atomic E-state index is 12.9. The first-order chi connectivity index (χ1) is 12.9. The Morgan fingerprint density at radius 2 is 1.70 bits per heavy atom. The average molecular weight is 371 g/mol. The molecule has 1 aliphatic rings. The Morgan fingerprint density at radius 3 is 2.30 bits per heavy atom. The third-order valence-corrected chi connectivity index (χ3v) is 4.78. The quantitative estimate of drug-likeness (QED) is 0.782. The molecular weight excluding hydrogens is 346 g/mol. The second-order valence-electron chi connectivity index (χ2n) is 6.93. The fraction of sp³-hybridized carbons (Fsp3) is 0.474. The summed E-state index contributed by atoms with van der Waals surface area (Å²) in [6.45, 7) is 6.63. The lowest BCUT2D eigenvalue weighted by Crippen LogP contribution is -2.51. The van der Waals surface area contributed by atoms with E-state index in [-0.39, 0.29) is 12.2 Å². The fourth-order valence-corrected chi connectivity index (χ4v) is 3.08. The van der Waals surface area contributed by atoms with Crippen molar-refractivity contribution in [2.24, 2.45) is 0 Å². The molecule has 0 atom stereocenters. The standard InChI is InChI=1S/C19H25N5O3/c1-4-9-23-18(26)16(17(25)22-12-10-21(3)11-13-22)20-24(19(23)27)15-7-5-14(2)6-8-15/h5-8H,4,9-13H2,1-3H3. The van der Waals surface area contributed by atoms with Gasteiger partial charge in [0.25, 0.3) is 11.5 Å². The van der Waals surface area contributed by atoms with E-state index in [0.717, 1.165) is 27.9 Å². The molecule has 0 bridgehead atoms. The van der Waals surface area contributed by atoms with Crippen molar-refractivity contribution in [2.75, 3.05) is 33.2 Å². The maximum Gasteiger partial charge on any atom is 0.352 e. The molecule has 1 amide bonds. The minimum atomic E-state index is -0.617. The Kier molecular flexibility index (Phi) is 5.55. The topological polar surface area (TPSA) is 80.4 Å². The van der Waals surface area contributed by atoms with Crippen LogP contribution in [0.15, 0.2) is 33.9 Å².